The lowest BCUT2D eigenvalue weighted by atomic mass is 9.94. The third kappa shape index (κ3) is 2.45. The van der Waals surface area contributed by atoms with Crippen molar-refractivity contribution in [1.29, 1.82) is 0 Å². The van der Waals surface area contributed by atoms with E-state index in [1.54, 1.807) is 7.11 Å². The van der Waals surface area contributed by atoms with Gasteiger partial charge in [-0.2, -0.15) is 0 Å². The van der Waals surface area contributed by atoms with Crippen molar-refractivity contribution in [2.75, 3.05) is 7.11 Å². The van der Waals surface area contributed by atoms with E-state index in [0.717, 1.165) is 5.75 Å². The van der Waals surface area contributed by atoms with Crippen LogP contribution >= 0.6 is 0 Å². The van der Waals surface area contributed by atoms with Gasteiger partial charge in [-0.3, -0.25) is 0 Å². The van der Waals surface area contributed by atoms with Gasteiger partial charge >= 0.3 is 0 Å². The van der Waals surface area contributed by atoms with Gasteiger partial charge in [-0.05, 0) is 48.2 Å². The number of allylic oxidation sites excluding steroid dienone is 1. The number of methoxy groups -OCH3 is 1. The lowest BCUT2D eigenvalue weighted by Gasteiger charge is -2.11. The molecule has 1 nitrogen and oxygen atoms in total. The largest absolute Gasteiger partial charge is 0.497 e. The topological polar surface area (TPSA) is 9.23 Å². The van der Waals surface area contributed by atoms with Gasteiger partial charge in [0.25, 0.3) is 0 Å². The van der Waals surface area contributed by atoms with E-state index in [-0.39, 0.29) is 0 Å². The second-order valence-electron chi connectivity index (χ2n) is 4.25. The fourth-order valence-corrected chi connectivity index (χ4v) is 2.12. The Morgan fingerprint density at radius 2 is 1.67 bits per heavy atom. The summed E-state index contributed by atoms with van der Waals surface area (Å²) in [6.07, 6.45) is 2.16. The van der Waals surface area contributed by atoms with E-state index < -0.39 is 0 Å². The van der Waals surface area contributed by atoms with Crippen molar-refractivity contribution in [3.05, 3.63) is 71.3 Å². The maximum Gasteiger partial charge on any atom is 0.118 e. The van der Waals surface area contributed by atoms with Gasteiger partial charge in [0.2, 0.25) is 0 Å². The number of hydrogen-bond acceptors (Lipinski definition) is 1. The first-order valence-corrected chi connectivity index (χ1v) is 6.13. The molecule has 0 fully saturated rings. The summed E-state index contributed by atoms with van der Waals surface area (Å²) in [5, 5.41) is 0. The molecule has 1 heteroatoms. The Hall–Kier alpha value is -2.02. The first-order valence-electron chi connectivity index (χ1n) is 6.13. The maximum atomic E-state index is 5.19. The van der Waals surface area contributed by atoms with Gasteiger partial charge in [-0.15, -0.1) is 0 Å². The van der Waals surface area contributed by atoms with Crippen LogP contribution in [0, 0.1) is 6.92 Å². The van der Waals surface area contributed by atoms with Crippen molar-refractivity contribution in [3.63, 3.8) is 0 Å². The molecular weight excluding hydrogens is 220 g/mol. The van der Waals surface area contributed by atoms with Crippen LogP contribution in [0.3, 0.4) is 0 Å². The molecule has 2 aromatic carbocycles. The fraction of sp³-hybridized carbons (Fsp3) is 0.176. The zero-order chi connectivity index (χ0) is 13.0. The lowest BCUT2D eigenvalue weighted by Crippen LogP contribution is -1.91. The Morgan fingerprint density at radius 1 is 1.00 bits per heavy atom. The molecule has 0 heterocycles. The van der Waals surface area contributed by atoms with Crippen LogP contribution < -0.4 is 4.74 Å². The summed E-state index contributed by atoms with van der Waals surface area (Å²) in [5.41, 5.74) is 5.05. The quantitative estimate of drug-likeness (QED) is 0.767. The average molecular weight is 238 g/mol. The summed E-state index contributed by atoms with van der Waals surface area (Å²) >= 11 is 0. The Morgan fingerprint density at radius 3 is 2.22 bits per heavy atom. The molecule has 0 atom stereocenters. The zero-order valence-corrected chi connectivity index (χ0v) is 11.1. The highest BCUT2D eigenvalue weighted by atomic mass is 16.5. The number of benzene rings is 2. The lowest BCUT2D eigenvalue weighted by molar-refractivity contribution is 0.415. The molecule has 0 unspecified atom stereocenters. The van der Waals surface area contributed by atoms with E-state index in [9.17, 15) is 0 Å². The van der Waals surface area contributed by atoms with Gasteiger partial charge in [0.1, 0.15) is 5.75 Å². The standard InChI is InChI=1S/C17H18O/c1-4-16(17-8-6-5-7-13(17)2)14-9-11-15(18-3)12-10-14/h4-12H,1-3H3/b16-4-. The smallest absolute Gasteiger partial charge is 0.118 e. The normalized spacial score (nSPS) is 11.4. The molecule has 92 valence electrons. The molecule has 0 spiro atoms. The molecule has 0 amide bonds. The first kappa shape index (κ1) is 12.4. The van der Waals surface area contributed by atoms with Crippen molar-refractivity contribution in [2.45, 2.75) is 13.8 Å². The van der Waals surface area contributed by atoms with Crippen LogP contribution in [0.1, 0.15) is 23.6 Å². The molecule has 0 saturated heterocycles. The van der Waals surface area contributed by atoms with Gasteiger partial charge < -0.3 is 4.74 Å². The number of aryl methyl sites for hydroxylation is 1. The van der Waals surface area contributed by atoms with E-state index in [1.807, 2.05) is 12.1 Å². The summed E-state index contributed by atoms with van der Waals surface area (Å²) in [6.45, 7) is 4.22. The van der Waals surface area contributed by atoms with Gasteiger partial charge in [-0.1, -0.05) is 42.5 Å². The zero-order valence-electron chi connectivity index (χ0n) is 11.1. The Labute approximate surface area is 109 Å². The van der Waals surface area contributed by atoms with Gasteiger partial charge in [0.05, 0.1) is 7.11 Å². The Balaban J connectivity index is 2.43. The second kappa shape index (κ2) is 5.54. The van der Waals surface area contributed by atoms with Crippen molar-refractivity contribution in [3.8, 4) is 5.75 Å². The third-order valence-electron chi connectivity index (χ3n) is 3.12. The second-order valence-corrected chi connectivity index (χ2v) is 4.25. The summed E-state index contributed by atoms with van der Waals surface area (Å²) in [7, 11) is 1.69. The summed E-state index contributed by atoms with van der Waals surface area (Å²) in [4.78, 5) is 0. The molecule has 2 rings (SSSR count). The van der Waals surface area contributed by atoms with Gasteiger partial charge in [-0.25, -0.2) is 0 Å². The molecule has 2 aromatic rings. The SMILES string of the molecule is C/C=C(/c1ccc(OC)cc1)c1ccccc1C. The van der Waals surface area contributed by atoms with Crippen LogP contribution in [0.2, 0.25) is 0 Å². The minimum Gasteiger partial charge on any atom is -0.497 e. The minimum absolute atomic E-state index is 0.888. The van der Waals surface area contributed by atoms with E-state index in [0.29, 0.717) is 0 Å². The van der Waals surface area contributed by atoms with Crippen molar-refractivity contribution in [1.82, 2.24) is 0 Å². The highest BCUT2D eigenvalue weighted by Gasteiger charge is 2.06. The molecule has 0 radical (unpaired) electrons. The van der Waals surface area contributed by atoms with Crippen LogP contribution in [0.4, 0.5) is 0 Å². The highest BCUT2D eigenvalue weighted by molar-refractivity contribution is 5.81. The average Bonchev–Trinajstić information content (AvgIpc) is 2.42. The van der Waals surface area contributed by atoms with E-state index >= 15 is 0 Å². The van der Waals surface area contributed by atoms with Gasteiger partial charge in [0.15, 0.2) is 0 Å². The molecule has 18 heavy (non-hydrogen) atoms. The fourth-order valence-electron chi connectivity index (χ4n) is 2.12. The van der Waals surface area contributed by atoms with E-state index in [4.69, 9.17) is 4.74 Å². The molecule has 0 saturated carbocycles. The van der Waals surface area contributed by atoms with E-state index in [1.165, 1.54) is 22.3 Å². The number of ether oxygens (including phenoxy) is 1. The Kier molecular flexibility index (Phi) is 3.83. The van der Waals surface area contributed by atoms with Crippen LogP contribution in [0.15, 0.2) is 54.6 Å². The predicted molar refractivity (Wildman–Crippen MR) is 76.9 cm³/mol. The minimum atomic E-state index is 0.888. The summed E-state index contributed by atoms with van der Waals surface area (Å²) < 4.78 is 5.19. The Bertz CT molecular complexity index is 550. The van der Waals surface area contributed by atoms with E-state index in [2.05, 4.69) is 56.3 Å². The van der Waals surface area contributed by atoms with Crippen LogP contribution in [0.5, 0.6) is 5.75 Å². The number of hydrogen-bond donors (Lipinski definition) is 0. The maximum absolute atomic E-state index is 5.19. The monoisotopic (exact) mass is 238 g/mol. The van der Waals surface area contributed by atoms with Crippen LogP contribution in [0.25, 0.3) is 5.57 Å². The summed E-state index contributed by atoms with van der Waals surface area (Å²) in [6, 6.07) is 16.6. The number of rotatable bonds is 3. The van der Waals surface area contributed by atoms with Crippen LogP contribution in [-0.2, 0) is 0 Å². The molecular formula is C17H18O. The van der Waals surface area contributed by atoms with Crippen LogP contribution in [-0.4, -0.2) is 7.11 Å². The van der Waals surface area contributed by atoms with Gasteiger partial charge in [0, 0.05) is 0 Å². The molecule has 0 N–H and O–H groups in total. The van der Waals surface area contributed by atoms with Crippen molar-refractivity contribution in [2.24, 2.45) is 0 Å². The first-order chi connectivity index (χ1) is 8.76. The third-order valence-corrected chi connectivity index (χ3v) is 3.12. The molecule has 0 aliphatic heterocycles. The molecule has 0 aliphatic rings. The molecule has 0 bridgehead atoms. The van der Waals surface area contributed by atoms with Crippen molar-refractivity contribution >= 4 is 5.57 Å². The highest BCUT2D eigenvalue weighted by Crippen LogP contribution is 2.27. The summed E-state index contributed by atoms with van der Waals surface area (Å²) in [5.74, 6) is 0.888. The molecule has 0 aliphatic carbocycles. The predicted octanol–water partition coefficient (Wildman–Crippen LogP) is 4.46. The van der Waals surface area contributed by atoms with Crippen molar-refractivity contribution < 1.29 is 4.74 Å². The molecule has 0 aromatic heterocycles.